The lowest BCUT2D eigenvalue weighted by Gasteiger charge is -2.21. The third-order valence-corrected chi connectivity index (χ3v) is 3.93. The highest BCUT2D eigenvalue weighted by molar-refractivity contribution is 5.88. The molecule has 1 fully saturated rings. The van der Waals surface area contributed by atoms with Crippen molar-refractivity contribution in [3.63, 3.8) is 0 Å². The molecule has 23 heavy (non-hydrogen) atoms. The summed E-state index contributed by atoms with van der Waals surface area (Å²) < 4.78 is 38.7. The molecule has 0 aromatic heterocycles. The van der Waals surface area contributed by atoms with Crippen LogP contribution < -0.4 is 5.32 Å². The summed E-state index contributed by atoms with van der Waals surface area (Å²) in [4.78, 5) is 25.5. The lowest BCUT2D eigenvalue weighted by Crippen LogP contribution is -2.39. The van der Waals surface area contributed by atoms with Crippen LogP contribution in [0.1, 0.15) is 37.8 Å². The van der Waals surface area contributed by atoms with Crippen LogP contribution in [0.3, 0.4) is 0 Å². The van der Waals surface area contributed by atoms with Gasteiger partial charge in [-0.2, -0.15) is 13.2 Å². The topological polar surface area (TPSA) is 49.4 Å². The smallest absolute Gasteiger partial charge is 0.351 e. The van der Waals surface area contributed by atoms with Crippen molar-refractivity contribution < 1.29 is 22.8 Å². The van der Waals surface area contributed by atoms with Crippen molar-refractivity contribution in [1.82, 2.24) is 10.2 Å². The average molecular weight is 328 g/mol. The van der Waals surface area contributed by atoms with Crippen LogP contribution in [0.15, 0.2) is 24.3 Å². The zero-order valence-corrected chi connectivity index (χ0v) is 13.1. The first-order valence-corrected chi connectivity index (χ1v) is 7.36. The minimum Gasteiger partial charge on any atom is -0.351 e. The molecule has 1 N–H and O–H groups in total. The Kier molecular flexibility index (Phi) is 4.68. The fourth-order valence-electron chi connectivity index (χ4n) is 2.90. The molecule has 4 nitrogen and oxygen atoms in total. The number of nitrogens with one attached hydrogen (secondary N) is 1. The number of alkyl halides is 3. The summed E-state index contributed by atoms with van der Waals surface area (Å²) in [5.41, 5.74) is -0.529. The number of amides is 2. The highest BCUT2D eigenvalue weighted by Crippen LogP contribution is 2.35. The van der Waals surface area contributed by atoms with Gasteiger partial charge in [0.1, 0.15) is 0 Å². The van der Waals surface area contributed by atoms with Crippen molar-refractivity contribution in [2.75, 3.05) is 6.54 Å². The van der Waals surface area contributed by atoms with Gasteiger partial charge in [-0.1, -0.05) is 18.2 Å². The van der Waals surface area contributed by atoms with Crippen LogP contribution >= 0.6 is 0 Å². The lowest BCUT2D eigenvalue weighted by molar-refractivity contribution is -0.138. The fraction of sp³-hybridized carbons (Fsp3) is 0.500. The van der Waals surface area contributed by atoms with Gasteiger partial charge in [-0.15, -0.1) is 0 Å². The number of hydrogen-bond donors (Lipinski definition) is 1. The standard InChI is InChI=1S/C16H19F3N2O2/c1-9(2)21-8-13(20-10(3)22)14(15(21)23)11-5-4-6-12(7-11)16(17,18)19/h4-7,9,13-14H,8H2,1-3H3,(H,20,22). The highest BCUT2D eigenvalue weighted by Gasteiger charge is 2.43. The van der Waals surface area contributed by atoms with Crippen molar-refractivity contribution in [2.45, 2.75) is 44.9 Å². The van der Waals surface area contributed by atoms with E-state index in [1.165, 1.54) is 19.1 Å². The quantitative estimate of drug-likeness (QED) is 0.927. The third-order valence-electron chi connectivity index (χ3n) is 3.93. The van der Waals surface area contributed by atoms with E-state index in [0.717, 1.165) is 12.1 Å². The second-order valence-electron chi connectivity index (χ2n) is 5.99. The molecule has 2 amide bonds. The van der Waals surface area contributed by atoms with Crippen molar-refractivity contribution in [2.24, 2.45) is 0 Å². The molecule has 0 aliphatic carbocycles. The predicted octanol–water partition coefficient (Wildman–Crippen LogP) is 2.54. The molecule has 1 aromatic carbocycles. The van der Waals surface area contributed by atoms with Gasteiger partial charge in [-0.25, -0.2) is 0 Å². The van der Waals surface area contributed by atoms with Crippen LogP contribution in [-0.2, 0) is 15.8 Å². The van der Waals surface area contributed by atoms with Gasteiger partial charge in [0.15, 0.2) is 0 Å². The summed E-state index contributed by atoms with van der Waals surface area (Å²) in [6.07, 6.45) is -4.47. The van der Waals surface area contributed by atoms with E-state index in [1.54, 1.807) is 4.90 Å². The van der Waals surface area contributed by atoms with Gasteiger partial charge in [-0.3, -0.25) is 9.59 Å². The van der Waals surface area contributed by atoms with Crippen LogP contribution in [0.2, 0.25) is 0 Å². The zero-order valence-electron chi connectivity index (χ0n) is 13.1. The molecule has 2 unspecified atom stereocenters. The summed E-state index contributed by atoms with van der Waals surface area (Å²) in [6.45, 7) is 5.27. The number of benzene rings is 1. The SMILES string of the molecule is CC(=O)NC1CN(C(C)C)C(=O)C1c1cccc(C(F)(F)F)c1. The van der Waals surface area contributed by atoms with E-state index in [0.29, 0.717) is 0 Å². The molecule has 1 aliphatic rings. The van der Waals surface area contributed by atoms with E-state index in [4.69, 9.17) is 0 Å². The van der Waals surface area contributed by atoms with E-state index in [1.807, 2.05) is 13.8 Å². The van der Waals surface area contributed by atoms with Gasteiger partial charge in [0.2, 0.25) is 11.8 Å². The second kappa shape index (κ2) is 6.22. The molecule has 0 spiro atoms. The molecule has 0 radical (unpaired) electrons. The van der Waals surface area contributed by atoms with Crippen LogP contribution in [0.4, 0.5) is 13.2 Å². The molecule has 7 heteroatoms. The monoisotopic (exact) mass is 328 g/mol. The Balaban J connectivity index is 2.41. The Hall–Kier alpha value is -2.05. The number of halogens is 3. The second-order valence-corrected chi connectivity index (χ2v) is 5.99. The third kappa shape index (κ3) is 3.65. The van der Waals surface area contributed by atoms with Crippen LogP contribution in [-0.4, -0.2) is 35.3 Å². The Bertz CT molecular complexity index is 614. The first kappa shape index (κ1) is 17.3. The maximum Gasteiger partial charge on any atom is 0.416 e. The zero-order chi connectivity index (χ0) is 17.4. The summed E-state index contributed by atoms with van der Waals surface area (Å²) in [7, 11) is 0. The fourth-order valence-corrected chi connectivity index (χ4v) is 2.90. The van der Waals surface area contributed by atoms with E-state index in [9.17, 15) is 22.8 Å². The minimum absolute atomic E-state index is 0.0884. The molecule has 2 rings (SSSR count). The number of likely N-dealkylation sites (tertiary alicyclic amines) is 1. The normalized spacial score (nSPS) is 21.9. The Morgan fingerprint density at radius 3 is 2.52 bits per heavy atom. The molecule has 126 valence electrons. The molecule has 0 saturated carbocycles. The molecule has 0 bridgehead atoms. The summed E-state index contributed by atoms with van der Waals surface area (Å²) in [5.74, 6) is -1.38. The molecule has 1 saturated heterocycles. The van der Waals surface area contributed by atoms with Gasteiger partial charge in [-0.05, 0) is 25.5 Å². The Morgan fingerprint density at radius 1 is 1.35 bits per heavy atom. The number of rotatable bonds is 3. The molecule has 2 atom stereocenters. The first-order valence-electron chi connectivity index (χ1n) is 7.36. The highest BCUT2D eigenvalue weighted by atomic mass is 19.4. The number of carbonyl (C=O) groups excluding carboxylic acids is 2. The van der Waals surface area contributed by atoms with E-state index >= 15 is 0 Å². The van der Waals surface area contributed by atoms with Gasteiger partial charge in [0.25, 0.3) is 0 Å². The average Bonchev–Trinajstić information content (AvgIpc) is 2.74. The minimum atomic E-state index is -4.47. The molecule has 1 heterocycles. The molecular formula is C16H19F3N2O2. The molecule has 1 aliphatic heterocycles. The van der Waals surface area contributed by atoms with Crippen LogP contribution in [0.25, 0.3) is 0 Å². The number of hydrogen-bond acceptors (Lipinski definition) is 2. The van der Waals surface area contributed by atoms with Gasteiger partial charge < -0.3 is 10.2 Å². The largest absolute Gasteiger partial charge is 0.416 e. The van der Waals surface area contributed by atoms with Crippen LogP contribution in [0, 0.1) is 0 Å². The molecular weight excluding hydrogens is 309 g/mol. The Labute approximate surface area is 132 Å². The maximum absolute atomic E-state index is 12.9. The van der Waals surface area contributed by atoms with Crippen molar-refractivity contribution in [3.8, 4) is 0 Å². The predicted molar refractivity (Wildman–Crippen MR) is 78.6 cm³/mol. The van der Waals surface area contributed by atoms with E-state index < -0.39 is 23.7 Å². The molecule has 1 aromatic rings. The summed E-state index contributed by atoms with van der Waals surface area (Å²) >= 11 is 0. The van der Waals surface area contributed by atoms with Gasteiger partial charge in [0, 0.05) is 19.5 Å². The van der Waals surface area contributed by atoms with Gasteiger partial charge in [0.05, 0.1) is 17.5 Å². The van der Waals surface area contributed by atoms with Crippen LogP contribution in [0.5, 0.6) is 0 Å². The van der Waals surface area contributed by atoms with E-state index in [2.05, 4.69) is 5.32 Å². The van der Waals surface area contributed by atoms with Crippen molar-refractivity contribution in [3.05, 3.63) is 35.4 Å². The maximum atomic E-state index is 12.9. The number of carbonyl (C=O) groups is 2. The van der Waals surface area contributed by atoms with Gasteiger partial charge >= 0.3 is 6.18 Å². The lowest BCUT2D eigenvalue weighted by atomic mass is 9.92. The van der Waals surface area contributed by atoms with Crippen molar-refractivity contribution >= 4 is 11.8 Å². The van der Waals surface area contributed by atoms with E-state index in [-0.39, 0.29) is 30.0 Å². The van der Waals surface area contributed by atoms with Crippen molar-refractivity contribution in [1.29, 1.82) is 0 Å². The summed E-state index contributed by atoms with van der Waals surface area (Å²) in [6, 6.07) is 4.11. The Morgan fingerprint density at radius 2 is 2.00 bits per heavy atom. The first-order chi connectivity index (χ1) is 10.6. The number of nitrogens with zero attached hydrogens (tertiary/aromatic N) is 1. The summed E-state index contributed by atoms with van der Waals surface area (Å²) in [5, 5.41) is 2.68.